The van der Waals surface area contributed by atoms with Crippen molar-refractivity contribution < 1.29 is 5.11 Å². The topological polar surface area (TPSA) is 86.2 Å². The summed E-state index contributed by atoms with van der Waals surface area (Å²) >= 11 is 0. The van der Waals surface area contributed by atoms with E-state index in [0.717, 1.165) is 37.3 Å². The maximum Gasteiger partial charge on any atom is 0.139 e. The zero-order valence-corrected chi connectivity index (χ0v) is 12.5. The number of likely N-dealkylation sites (N-methyl/N-ethyl adjacent to an activating group) is 1. The summed E-state index contributed by atoms with van der Waals surface area (Å²) in [6, 6.07) is 2.00. The monoisotopic (exact) mass is 276 g/mol. The maximum absolute atomic E-state index is 10.0. The van der Waals surface area contributed by atoms with E-state index < -0.39 is 5.60 Å². The van der Waals surface area contributed by atoms with Crippen LogP contribution in [-0.2, 0) is 12.8 Å². The van der Waals surface area contributed by atoms with Crippen LogP contribution in [0.1, 0.15) is 44.0 Å². The average molecular weight is 276 g/mol. The van der Waals surface area contributed by atoms with Crippen molar-refractivity contribution in [1.29, 1.82) is 5.41 Å². The van der Waals surface area contributed by atoms with Gasteiger partial charge in [0.1, 0.15) is 11.7 Å². The van der Waals surface area contributed by atoms with Gasteiger partial charge in [-0.3, -0.25) is 5.41 Å². The molecule has 0 bridgehead atoms. The SMILES string of the molecule is CCN(CC(C)(C)O)c1nc2c(cc1C(=N)N)CCC2. The molecule has 0 fully saturated rings. The first-order valence-electron chi connectivity index (χ1n) is 7.16. The van der Waals surface area contributed by atoms with Crippen LogP contribution >= 0.6 is 0 Å². The van der Waals surface area contributed by atoms with E-state index in [1.165, 1.54) is 5.56 Å². The van der Waals surface area contributed by atoms with Gasteiger partial charge < -0.3 is 15.7 Å². The lowest BCUT2D eigenvalue weighted by Crippen LogP contribution is -2.40. The molecule has 1 aliphatic rings. The highest BCUT2D eigenvalue weighted by molar-refractivity contribution is 6.00. The van der Waals surface area contributed by atoms with Crippen molar-refractivity contribution in [3.8, 4) is 0 Å². The smallest absolute Gasteiger partial charge is 0.139 e. The van der Waals surface area contributed by atoms with Crippen LogP contribution in [0.2, 0.25) is 0 Å². The Morgan fingerprint density at radius 3 is 2.75 bits per heavy atom. The van der Waals surface area contributed by atoms with E-state index in [0.29, 0.717) is 12.1 Å². The lowest BCUT2D eigenvalue weighted by molar-refractivity contribution is 0.0874. The first kappa shape index (κ1) is 14.8. The quantitative estimate of drug-likeness (QED) is 0.561. The lowest BCUT2D eigenvalue weighted by Gasteiger charge is -2.30. The fourth-order valence-electron chi connectivity index (χ4n) is 2.70. The van der Waals surface area contributed by atoms with Crippen LogP contribution in [0.5, 0.6) is 0 Å². The third-order valence-corrected chi connectivity index (χ3v) is 3.58. The van der Waals surface area contributed by atoms with E-state index in [1.54, 1.807) is 13.8 Å². The van der Waals surface area contributed by atoms with Crippen LogP contribution < -0.4 is 10.6 Å². The number of nitrogen functional groups attached to an aromatic ring is 1. The number of pyridine rings is 1. The summed E-state index contributed by atoms with van der Waals surface area (Å²) in [5.74, 6) is 0.763. The van der Waals surface area contributed by atoms with Gasteiger partial charge in [-0.15, -0.1) is 0 Å². The summed E-state index contributed by atoms with van der Waals surface area (Å²) in [6.07, 6.45) is 3.11. The number of hydrogen-bond donors (Lipinski definition) is 3. The van der Waals surface area contributed by atoms with E-state index in [2.05, 4.69) is 0 Å². The minimum absolute atomic E-state index is 0.0383. The summed E-state index contributed by atoms with van der Waals surface area (Å²) in [7, 11) is 0. The van der Waals surface area contributed by atoms with E-state index in [9.17, 15) is 5.11 Å². The number of nitrogens with zero attached hydrogens (tertiary/aromatic N) is 2. The van der Waals surface area contributed by atoms with Crippen molar-refractivity contribution in [3.63, 3.8) is 0 Å². The van der Waals surface area contributed by atoms with Gasteiger partial charge in [0.15, 0.2) is 0 Å². The number of fused-ring (bicyclic) bond motifs is 1. The number of rotatable bonds is 5. The Kier molecular flexibility index (Phi) is 3.99. The van der Waals surface area contributed by atoms with Crippen molar-refractivity contribution in [2.24, 2.45) is 5.73 Å². The molecular weight excluding hydrogens is 252 g/mol. The molecule has 0 unspecified atom stereocenters. The van der Waals surface area contributed by atoms with Crippen molar-refractivity contribution in [2.45, 2.75) is 45.6 Å². The van der Waals surface area contributed by atoms with Gasteiger partial charge in [0.2, 0.25) is 0 Å². The molecule has 0 saturated carbocycles. The van der Waals surface area contributed by atoms with E-state index in [1.807, 2.05) is 17.9 Å². The Hall–Kier alpha value is -1.62. The van der Waals surface area contributed by atoms with Crippen LogP contribution in [-0.4, -0.2) is 34.6 Å². The van der Waals surface area contributed by atoms with Crippen LogP contribution in [0.3, 0.4) is 0 Å². The third kappa shape index (κ3) is 3.10. The summed E-state index contributed by atoms with van der Waals surface area (Å²) in [5, 5.41) is 17.8. The molecule has 5 nitrogen and oxygen atoms in total. The number of anilines is 1. The zero-order chi connectivity index (χ0) is 14.9. The van der Waals surface area contributed by atoms with E-state index in [4.69, 9.17) is 16.1 Å². The van der Waals surface area contributed by atoms with Gasteiger partial charge >= 0.3 is 0 Å². The van der Waals surface area contributed by atoms with Crippen LogP contribution in [0.15, 0.2) is 6.07 Å². The summed E-state index contributed by atoms with van der Waals surface area (Å²) in [4.78, 5) is 6.72. The number of nitrogens with one attached hydrogen (secondary N) is 1. The number of aryl methyl sites for hydroxylation is 2. The normalized spacial score (nSPS) is 14.2. The molecule has 0 amide bonds. The Bertz CT molecular complexity index is 519. The molecule has 1 aromatic heterocycles. The predicted molar refractivity (Wildman–Crippen MR) is 81.5 cm³/mol. The summed E-state index contributed by atoms with van der Waals surface area (Å²) in [5.41, 5.74) is 7.90. The van der Waals surface area contributed by atoms with Crippen molar-refractivity contribution in [3.05, 3.63) is 22.9 Å². The van der Waals surface area contributed by atoms with Crippen LogP contribution in [0.25, 0.3) is 0 Å². The molecule has 0 saturated heterocycles. The lowest BCUT2D eigenvalue weighted by atomic mass is 10.1. The molecule has 1 heterocycles. The number of nitrogens with two attached hydrogens (primary N) is 1. The second-order valence-electron chi connectivity index (χ2n) is 6.06. The highest BCUT2D eigenvalue weighted by Gasteiger charge is 2.24. The molecule has 4 N–H and O–H groups in total. The molecule has 0 atom stereocenters. The zero-order valence-electron chi connectivity index (χ0n) is 12.5. The second kappa shape index (κ2) is 5.40. The minimum Gasteiger partial charge on any atom is -0.389 e. The minimum atomic E-state index is -0.815. The Morgan fingerprint density at radius 1 is 1.50 bits per heavy atom. The number of aliphatic hydroxyl groups is 1. The molecular formula is C15H24N4O. The molecule has 1 aliphatic carbocycles. The molecule has 0 aliphatic heterocycles. The van der Waals surface area contributed by atoms with Gasteiger partial charge in [-0.1, -0.05) is 0 Å². The van der Waals surface area contributed by atoms with Crippen LogP contribution in [0.4, 0.5) is 5.82 Å². The second-order valence-corrected chi connectivity index (χ2v) is 6.06. The Morgan fingerprint density at radius 2 is 2.20 bits per heavy atom. The average Bonchev–Trinajstić information content (AvgIpc) is 2.80. The molecule has 110 valence electrons. The molecule has 0 spiro atoms. The van der Waals surface area contributed by atoms with Gasteiger partial charge in [-0.05, 0) is 51.7 Å². The molecule has 5 heteroatoms. The Balaban J connectivity index is 2.45. The van der Waals surface area contributed by atoms with Crippen molar-refractivity contribution >= 4 is 11.7 Å². The summed E-state index contributed by atoms with van der Waals surface area (Å²) < 4.78 is 0. The number of hydrogen-bond acceptors (Lipinski definition) is 4. The Labute approximate surface area is 120 Å². The number of amidine groups is 1. The molecule has 0 aromatic carbocycles. The summed E-state index contributed by atoms with van der Waals surface area (Å²) in [6.45, 7) is 6.75. The van der Waals surface area contributed by atoms with Gasteiger partial charge in [-0.2, -0.15) is 0 Å². The first-order valence-corrected chi connectivity index (χ1v) is 7.16. The van der Waals surface area contributed by atoms with Gasteiger partial charge in [-0.25, -0.2) is 4.98 Å². The molecule has 1 aromatic rings. The fraction of sp³-hybridized carbons (Fsp3) is 0.600. The molecule has 20 heavy (non-hydrogen) atoms. The number of aromatic nitrogens is 1. The van der Waals surface area contributed by atoms with Crippen molar-refractivity contribution in [1.82, 2.24) is 4.98 Å². The van der Waals surface area contributed by atoms with Gasteiger partial charge in [0.25, 0.3) is 0 Å². The van der Waals surface area contributed by atoms with E-state index in [-0.39, 0.29) is 5.84 Å². The standard InChI is InChI=1S/C15H24N4O/c1-4-19(9-15(2,3)20)14-11(13(16)17)8-10-6-5-7-12(10)18-14/h8,20H,4-7,9H2,1-3H3,(H3,16,17). The van der Waals surface area contributed by atoms with E-state index >= 15 is 0 Å². The highest BCUT2D eigenvalue weighted by atomic mass is 16.3. The van der Waals surface area contributed by atoms with Crippen LogP contribution in [0, 0.1) is 5.41 Å². The third-order valence-electron chi connectivity index (χ3n) is 3.58. The van der Waals surface area contributed by atoms with Gasteiger partial charge in [0, 0.05) is 18.8 Å². The molecule has 0 radical (unpaired) electrons. The highest BCUT2D eigenvalue weighted by Crippen LogP contribution is 2.28. The fourth-order valence-corrected chi connectivity index (χ4v) is 2.70. The largest absolute Gasteiger partial charge is 0.389 e. The maximum atomic E-state index is 10.0. The molecule has 2 rings (SSSR count). The first-order chi connectivity index (χ1) is 9.31. The predicted octanol–water partition coefficient (Wildman–Crippen LogP) is 1.45. The van der Waals surface area contributed by atoms with Crippen molar-refractivity contribution in [2.75, 3.05) is 18.0 Å². The van der Waals surface area contributed by atoms with Gasteiger partial charge in [0.05, 0.1) is 11.2 Å².